The van der Waals surface area contributed by atoms with Gasteiger partial charge in [-0.3, -0.25) is 13.9 Å². The van der Waals surface area contributed by atoms with Crippen molar-refractivity contribution in [1.82, 2.24) is 10.2 Å². The van der Waals surface area contributed by atoms with Crippen molar-refractivity contribution in [2.45, 2.75) is 55.6 Å². The highest BCUT2D eigenvalue weighted by Gasteiger charge is 2.36. The van der Waals surface area contributed by atoms with E-state index in [1.54, 1.807) is 36.4 Å². The third-order valence-electron chi connectivity index (χ3n) is 8.19. The van der Waals surface area contributed by atoms with Gasteiger partial charge in [-0.1, -0.05) is 85.6 Å². The summed E-state index contributed by atoms with van der Waals surface area (Å²) in [6.07, 6.45) is 3.92. The van der Waals surface area contributed by atoms with Gasteiger partial charge in [0.1, 0.15) is 24.2 Å². The van der Waals surface area contributed by atoms with E-state index < -0.39 is 34.3 Å². The average molecular weight is 644 g/mol. The minimum absolute atomic E-state index is 0.00656. The van der Waals surface area contributed by atoms with Crippen molar-refractivity contribution in [3.8, 4) is 5.75 Å². The zero-order valence-corrected chi connectivity index (χ0v) is 26.5. The lowest BCUT2D eigenvalue weighted by molar-refractivity contribution is -0.140. The number of hydrogen-bond donors (Lipinski definition) is 1. The topological polar surface area (TPSA) is 96.0 Å². The van der Waals surface area contributed by atoms with Gasteiger partial charge in [-0.25, -0.2) is 12.8 Å². The maximum atomic E-state index is 15.3. The van der Waals surface area contributed by atoms with E-state index in [0.29, 0.717) is 11.3 Å². The number of carbonyl (C=O) groups is 2. The zero-order chi connectivity index (χ0) is 32.5. The van der Waals surface area contributed by atoms with Gasteiger partial charge >= 0.3 is 0 Å². The molecular formula is C36H38FN3O5S. The summed E-state index contributed by atoms with van der Waals surface area (Å²) in [7, 11) is -2.85. The summed E-state index contributed by atoms with van der Waals surface area (Å²) in [5.41, 5.74) is 1.25. The van der Waals surface area contributed by atoms with Gasteiger partial charge in [-0.05, 0) is 60.4 Å². The molecule has 4 aromatic rings. The smallest absolute Gasteiger partial charge is 0.264 e. The Morgan fingerprint density at radius 2 is 1.50 bits per heavy atom. The van der Waals surface area contributed by atoms with E-state index in [9.17, 15) is 18.0 Å². The van der Waals surface area contributed by atoms with Gasteiger partial charge in [0.25, 0.3) is 10.0 Å². The van der Waals surface area contributed by atoms with Crippen molar-refractivity contribution in [2.24, 2.45) is 0 Å². The molecule has 240 valence electrons. The number of hydrogen-bond acceptors (Lipinski definition) is 5. The fourth-order valence-electron chi connectivity index (χ4n) is 5.78. The summed E-state index contributed by atoms with van der Waals surface area (Å²) in [6.45, 7) is -0.744. The molecule has 1 aliphatic rings. The van der Waals surface area contributed by atoms with Crippen LogP contribution in [0.2, 0.25) is 0 Å². The van der Waals surface area contributed by atoms with Gasteiger partial charge in [0, 0.05) is 19.0 Å². The van der Waals surface area contributed by atoms with Crippen LogP contribution < -0.4 is 14.4 Å². The SMILES string of the molecule is COc1cccc(CN(C(=O)CN(c2ccccc2F)S(=O)(=O)c2ccccc2)[C@H](Cc2ccccc2)C(=O)NC2CCCC2)c1. The molecule has 8 nitrogen and oxygen atoms in total. The van der Waals surface area contributed by atoms with Crippen LogP contribution in [0.15, 0.2) is 114 Å². The lowest BCUT2D eigenvalue weighted by Gasteiger charge is -2.34. The number of benzene rings is 4. The molecule has 2 amide bonds. The fraction of sp³-hybridized carbons (Fsp3) is 0.278. The average Bonchev–Trinajstić information content (AvgIpc) is 3.59. The van der Waals surface area contributed by atoms with Crippen molar-refractivity contribution in [3.63, 3.8) is 0 Å². The molecule has 5 rings (SSSR count). The van der Waals surface area contributed by atoms with Gasteiger partial charge in [0.05, 0.1) is 17.7 Å². The first kappa shape index (κ1) is 32.7. The number of nitrogens with zero attached hydrogens (tertiary/aromatic N) is 2. The Morgan fingerprint density at radius 3 is 2.17 bits per heavy atom. The van der Waals surface area contributed by atoms with Crippen molar-refractivity contribution in [3.05, 3.63) is 126 Å². The second-order valence-electron chi connectivity index (χ2n) is 11.3. The molecule has 46 heavy (non-hydrogen) atoms. The molecular weight excluding hydrogens is 605 g/mol. The third kappa shape index (κ3) is 7.92. The summed E-state index contributed by atoms with van der Waals surface area (Å²) in [4.78, 5) is 29.9. The number of sulfonamides is 1. The molecule has 0 bridgehead atoms. The van der Waals surface area contributed by atoms with Crippen LogP contribution in [0, 0.1) is 5.82 Å². The molecule has 0 saturated heterocycles. The Labute approximate surface area is 269 Å². The highest BCUT2D eigenvalue weighted by atomic mass is 32.2. The molecule has 0 radical (unpaired) electrons. The van der Waals surface area contributed by atoms with E-state index in [2.05, 4.69) is 5.32 Å². The van der Waals surface area contributed by atoms with E-state index in [1.807, 2.05) is 36.4 Å². The first-order valence-electron chi connectivity index (χ1n) is 15.4. The Balaban J connectivity index is 1.58. The standard InChI is InChI=1S/C36H38FN3O5S/c1-45-30-18-12-15-28(23-30)25-39(34(24-27-13-4-2-5-14-27)36(42)38-29-16-8-9-17-29)35(41)26-40(33-22-11-10-21-32(33)37)46(43,44)31-19-6-3-7-20-31/h2-7,10-15,18-23,29,34H,8-9,16-17,24-26H2,1H3,(H,38,42)/t34-/m1/s1. The number of halogens is 1. The van der Waals surface area contributed by atoms with Crippen molar-refractivity contribution in [2.75, 3.05) is 18.0 Å². The van der Waals surface area contributed by atoms with Crippen LogP contribution >= 0.6 is 0 Å². The quantitative estimate of drug-likeness (QED) is 0.201. The van der Waals surface area contributed by atoms with E-state index in [4.69, 9.17) is 4.74 Å². The molecule has 4 aromatic carbocycles. The number of ether oxygens (including phenoxy) is 1. The van der Waals surface area contributed by atoms with E-state index in [1.165, 1.54) is 42.3 Å². The molecule has 0 spiro atoms. The van der Waals surface area contributed by atoms with Gasteiger partial charge in [-0.2, -0.15) is 0 Å². The summed E-state index contributed by atoms with van der Waals surface area (Å²) >= 11 is 0. The van der Waals surface area contributed by atoms with Crippen LogP contribution in [0.4, 0.5) is 10.1 Å². The fourth-order valence-corrected chi connectivity index (χ4v) is 7.22. The molecule has 0 aromatic heterocycles. The van der Waals surface area contributed by atoms with Crippen molar-refractivity contribution >= 4 is 27.5 Å². The number of methoxy groups -OCH3 is 1. The minimum atomic E-state index is -4.39. The summed E-state index contributed by atoms with van der Waals surface area (Å²) in [5.74, 6) is -1.21. The largest absolute Gasteiger partial charge is 0.497 e. The maximum absolute atomic E-state index is 15.3. The van der Waals surface area contributed by atoms with Crippen LogP contribution in [-0.2, 0) is 32.6 Å². The molecule has 1 atom stereocenters. The third-order valence-corrected chi connectivity index (χ3v) is 9.96. The van der Waals surface area contributed by atoms with Gasteiger partial charge in [0.2, 0.25) is 11.8 Å². The predicted molar refractivity (Wildman–Crippen MR) is 175 cm³/mol. The molecule has 0 heterocycles. The maximum Gasteiger partial charge on any atom is 0.264 e. The molecule has 1 aliphatic carbocycles. The minimum Gasteiger partial charge on any atom is -0.497 e. The highest BCUT2D eigenvalue weighted by Crippen LogP contribution is 2.28. The van der Waals surface area contributed by atoms with Crippen LogP contribution in [0.5, 0.6) is 5.75 Å². The number of anilines is 1. The highest BCUT2D eigenvalue weighted by molar-refractivity contribution is 7.92. The van der Waals surface area contributed by atoms with Gasteiger partial charge < -0.3 is 15.0 Å². The van der Waals surface area contributed by atoms with E-state index in [-0.39, 0.29) is 35.5 Å². The molecule has 1 saturated carbocycles. The molecule has 10 heteroatoms. The number of para-hydroxylation sites is 1. The van der Waals surface area contributed by atoms with E-state index in [0.717, 1.165) is 41.6 Å². The van der Waals surface area contributed by atoms with Crippen molar-refractivity contribution in [1.29, 1.82) is 0 Å². The Hall–Kier alpha value is -4.70. The molecule has 1 N–H and O–H groups in total. The summed E-state index contributed by atoms with van der Waals surface area (Å²) < 4.78 is 49.5. The zero-order valence-electron chi connectivity index (χ0n) is 25.7. The summed E-state index contributed by atoms with van der Waals surface area (Å²) in [6, 6.07) is 28.5. The lowest BCUT2D eigenvalue weighted by atomic mass is 10.0. The first-order valence-corrected chi connectivity index (χ1v) is 16.8. The monoisotopic (exact) mass is 643 g/mol. The number of rotatable bonds is 13. The van der Waals surface area contributed by atoms with Crippen molar-refractivity contribution < 1.29 is 27.1 Å². The second kappa shape index (κ2) is 15.1. The van der Waals surface area contributed by atoms with Gasteiger partial charge in [0.15, 0.2) is 0 Å². The van der Waals surface area contributed by atoms with Crippen LogP contribution in [-0.4, -0.2) is 50.9 Å². The number of nitrogens with one attached hydrogen (secondary N) is 1. The number of carbonyl (C=O) groups excluding carboxylic acids is 2. The van der Waals surface area contributed by atoms with E-state index >= 15 is 4.39 Å². The Morgan fingerprint density at radius 1 is 0.870 bits per heavy atom. The van der Waals surface area contributed by atoms with Gasteiger partial charge in [-0.15, -0.1) is 0 Å². The first-order chi connectivity index (χ1) is 22.3. The van der Waals surface area contributed by atoms with Crippen LogP contribution in [0.1, 0.15) is 36.8 Å². The molecule has 0 unspecified atom stereocenters. The normalized spacial score (nSPS) is 14.0. The molecule has 1 fully saturated rings. The second-order valence-corrected chi connectivity index (χ2v) is 13.2. The predicted octanol–water partition coefficient (Wildman–Crippen LogP) is 5.73. The lowest BCUT2D eigenvalue weighted by Crippen LogP contribution is -2.54. The van der Waals surface area contributed by atoms with Crippen LogP contribution in [0.25, 0.3) is 0 Å². The molecule has 0 aliphatic heterocycles. The Bertz CT molecular complexity index is 1730. The summed E-state index contributed by atoms with van der Waals surface area (Å²) in [5, 5.41) is 3.14. The van der Waals surface area contributed by atoms with Crippen LogP contribution in [0.3, 0.4) is 0 Å². The number of amides is 2. The Kier molecular flexibility index (Phi) is 10.7.